The molecule has 1 fully saturated rings. The van der Waals surface area contributed by atoms with Crippen LogP contribution in [0.4, 0.5) is 11.6 Å². The maximum Gasteiger partial charge on any atom is 0.254 e. The molecule has 4 aromatic rings. The second kappa shape index (κ2) is 10.5. The van der Waals surface area contributed by atoms with Crippen molar-refractivity contribution in [1.29, 1.82) is 0 Å². The molecule has 5 rings (SSSR count). The van der Waals surface area contributed by atoms with E-state index in [1.54, 1.807) is 24.5 Å². The smallest absolute Gasteiger partial charge is 0.254 e. The van der Waals surface area contributed by atoms with Gasteiger partial charge in [0.1, 0.15) is 5.75 Å². The number of anilines is 2. The molecule has 1 atom stereocenters. The zero-order chi connectivity index (χ0) is 25.8. The predicted octanol–water partition coefficient (Wildman–Crippen LogP) is 4.84. The number of piperidine rings is 1. The van der Waals surface area contributed by atoms with Gasteiger partial charge in [0.05, 0.1) is 16.9 Å². The first-order valence-electron chi connectivity index (χ1n) is 12.0. The summed E-state index contributed by atoms with van der Waals surface area (Å²) in [5.74, 6) is 1.53. The first-order valence-corrected chi connectivity index (χ1v) is 13.6. The van der Waals surface area contributed by atoms with Crippen molar-refractivity contribution in [1.82, 2.24) is 20.3 Å². The van der Waals surface area contributed by atoms with Crippen LogP contribution in [0.2, 0.25) is 0 Å². The Morgan fingerprint density at radius 3 is 2.78 bits per heavy atom. The Labute approximate surface area is 216 Å². The maximum absolute atomic E-state index is 12.1. The van der Waals surface area contributed by atoms with E-state index in [1.165, 1.54) is 0 Å². The van der Waals surface area contributed by atoms with Crippen LogP contribution in [0.15, 0.2) is 72.9 Å². The lowest BCUT2D eigenvalue weighted by Gasteiger charge is -2.23. The summed E-state index contributed by atoms with van der Waals surface area (Å²) < 4.78 is 33.2. The Morgan fingerprint density at radius 2 is 1.97 bits per heavy atom. The molecular formula is C27H28N6O3S. The van der Waals surface area contributed by atoms with E-state index in [2.05, 4.69) is 31.9 Å². The zero-order valence-electron chi connectivity index (χ0n) is 20.4. The fraction of sp³-hybridized carbons (Fsp3) is 0.222. The van der Waals surface area contributed by atoms with Gasteiger partial charge in [0, 0.05) is 41.2 Å². The van der Waals surface area contributed by atoms with E-state index in [1.807, 2.05) is 43.3 Å². The Kier molecular flexibility index (Phi) is 7.02. The van der Waals surface area contributed by atoms with Gasteiger partial charge in [0.2, 0.25) is 11.8 Å². The largest absolute Gasteiger partial charge is 0.437 e. The van der Waals surface area contributed by atoms with Gasteiger partial charge in [-0.25, -0.2) is 23.4 Å². The molecule has 0 spiro atoms. The SMILES string of the molecule is C=CS(=O)(=O)Nc1cccc2c(Oc3ncccc3-c3ccnc(NC4CCCNC4)n3)c(C)ccc12. The minimum atomic E-state index is -3.67. The highest BCUT2D eigenvalue weighted by Gasteiger charge is 2.18. The van der Waals surface area contributed by atoms with Crippen molar-refractivity contribution in [3.8, 4) is 22.9 Å². The Balaban J connectivity index is 1.50. The Hall–Kier alpha value is -4.02. The second-order valence-corrected chi connectivity index (χ2v) is 10.5. The molecule has 2 aromatic carbocycles. The summed E-state index contributed by atoms with van der Waals surface area (Å²) in [7, 11) is -3.67. The van der Waals surface area contributed by atoms with Gasteiger partial charge in [-0.1, -0.05) is 30.8 Å². The van der Waals surface area contributed by atoms with Crippen LogP contribution in [0.25, 0.3) is 22.0 Å². The average Bonchev–Trinajstić information content (AvgIpc) is 2.91. The third kappa shape index (κ3) is 5.55. The summed E-state index contributed by atoms with van der Waals surface area (Å²) in [5, 5.41) is 9.12. The predicted molar refractivity (Wildman–Crippen MR) is 146 cm³/mol. The van der Waals surface area contributed by atoms with Crippen LogP contribution in [0.1, 0.15) is 18.4 Å². The van der Waals surface area contributed by atoms with Gasteiger partial charge in [-0.2, -0.15) is 0 Å². The quantitative estimate of drug-likeness (QED) is 0.304. The number of aromatic nitrogens is 3. The molecule has 1 unspecified atom stereocenters. The minimum absolute atomic E-state index is 0.277. The first-order chi connectivity index (χ1) is 17.9. The molecule has 3 N–H and O–H groups in total. The number of ether oxygens (including phenoxy) is 1. The summed E-state index contributed by atoms with van der Waals surface area (Å²) in [6.45, 7) is 7.21. The van der Waals surface area contributed by atoms with Gasteiger partial charge in [0.25, 0.3) is 10.0 Å². The summed E-state index contributed by atoms with van der Waals surface area (Å²) >= 11 is 0. The number of hydrogen-bond acceptors (Lipinski definition) is 8. The molecular weight excluding hydrogens is 488 g/mol. The molecule has 9 nitrogen and oxygen atoms in total. The van der Waals surface area contributed by atoms with Crippen molar-refractivity contribution in [2.24, 2.45) is 0 Å². The van der Waals surface area contributed by atoms with E-state index >= 15 is 0 Å². The molecule has 190 valence electrons. The van der Waals surface area contributed by atoms with Gasteiger partial charge in [-0.15, -0.1) is 0 Å². The number of fused-ring (bicyclic) bond motifs is 1. The molecule has 1 aliphatic rings. The summed E-state index contributed by atoms with van der Waals surface area (Å²) in [4.78, 5) is 13.6. The van der Waals surface area contributed by atoms with Crippen molar-refractivity contribution in [3.05, 3.63) is 78.5 Å². The van der Waals surface area contributed by atoms with Crippen molar-refractivity contribution in [3.63, 3.8) is 0 Å². The second-order valence-electron chi connectivity index (χ2n) is 8.84. The van der Waals surface area contributed by atoms with Crippen molar-refractivity contribution < 1.29 is 13.2 Å². The molecule has 0 aliphatic carbocycles. The molecule has 1 saturated heterocycles. The number of hydrogen-bond donors (Lipinski definition) is 3. The van der Waals surface area contributed by atoms with E-state index in [0.717, 1.165) is 47.9 Å². The number of aryl methyl sites for hydroxylation is 1. The third-order valence-electron chi connectivity index (χ3n) is 6.21. The minimum Gasteiger partial charge on any atom is -0.437 e. The Morgan fingerprint density at radius 1 is 1.08 bits per heavy atom. The van der Waals surface area contributed by atoms with Crippen molar-refractivity contribution >= 4 is 32.4 Å². The third-order valence-corrected chi connectivity index (χ3v) is 7.16. The lowest BCUT2D eigenvalue weighted by Crippen LogP contribution is -2.38. The number of sulfonamides is 1. The molecule has 2 aromatic heterocycles. The summed E-state index contributed by atoms with van der Waals surface area (Å²) in [5.41, 5.74) is 2.71. The van der Waals surface area contributed by atoms with Gasteiger partial charge in [0.15, 0.2) is 0 Å². The van der Waals surface area contributed by atoms with Crippen LogP contribution in [0.5, 0.6) is 11.6 Å². The summed E-state index contributed by atoms with van der Waals surface area (Å²) in [6, 6.07) is 14.9. The first kappa shape index (κ1) is 24.7. The average molecular weight is 517 g/mol. The van der Waals surface area contributed by atoms with Crippen LogP contribution in [0, 0.1) is 6.92 Å². The lowest BCUT2D eigenvalue weighted by atomic mass is 10.0. The van der Waals surface area contributed by atoms with Crippen molar-refractivity contribution in [2.45, 2.75) is 25.8 Å². The zero-order valence-corrected chi connectivity index (χ0v) is 21.3. The molecule has 0 bridgehead atoms. The normalized spacial score (nSPS) is 15.8. The fourth-order valence-corrected chi connectivity index (χ4v) is 4.93. The van der Waals surface area contributed by atoms with E-state index < -0.39 is 10.0 Å². The van der Waals surface area contributed by atoms with Crippen LogP contribution < -0.4 is 20.1 Å². The van der Waals surface area contributed by atoms with E-state index in [-0.39, 0.29) is 6.04 Å². The fourth-order valence-electron chi connectivity index (χ4n) is 4.36. The van der Waals surface area contributed by atoms with E-state index in [0.29, 0.717) is 34.3 Å². The number of nitrogens with one attached hydrogen (secondary N) is 3. The highest BCUT2D eigenvalue weighted by molar-refractivity contribution is 7.95. The van der Waals surface area contributed by atoms with Gasteiger partial charge >= 0.3 is 0 Å². The lowest BCUT2D eigenvalue weighted by molar-refractivity contribution is 0.466. The van der Waals surface area contributed by atoms with Crippen molar-refractivity contribution in [2.75, 3.05) is 23.1 Å². The van der Waals surface area contributed by atoms with Crippen LogP contribution in [0.3, 0.4) is 0 Å². The molecule has 1 aliphatic heterocycles. The van der Waals surface area contributed by atoms with E-state index in [9.17, 15) is 8.42 Å². The molecule has 0 radical (unpaired) electrons. The number of rotatable bonds is 8. The number of pyridine rings is 1. The topological polar surface area (TPSA) is 118 Å². The standard InChI is InChI=1S/C27H28N6O3S/c1-3-37(34,35)33-24-10-4-8-21-20(24)12-11-18(2)25(21)36-26-22(9-6-15-29-26)23-13-16-30-27(32-23)31-19-7-5-14-28-17-19/h3-4,6,8-13,15-16,19,28,33H,1,5,7,14,17H2,2H3,(H,30,31,32). The van der Waals surface area contributed by atoms with E-state index in [4.69, 9.17) is 9.72 Å². The van der Waals surface area contributed by atoms with Crippen LogP contribution in [-0.2, 0) is 10.0 Å². The highest BCUT2D eigenvalue weighted by atomic mass is 32.2. The molecule has 10 heteroatoms. The monoisotopic (exact) mass is 516 g/mol. The maximum atomic E-state index is 12.1. The number of nitrogens with zero attached hydrogens (tertiary/aromatic N) is 3. The Bertz CT molecular complexity index is 1550. The van der Waals surface area contributed by atoms with Crippen LogP contribution >= 0.6 is 0 Å². The number of benzene rings is 2. The summed E-state index contributed by atoms with van der Waals surface area (Å²) in [6.07, 6.45) is 5.56. The highest BCUT2D eigenvalue weighted by Crippen LogP contribution is 2.38. The molecule has 0 saturated carbocycles. The molecule has 0 amide bonds. The molecule has 37 heavy (non-hydrogen) atoms. The van der Waals surface area contributed by atoms with Gasteiger partial charge in [-0.3, -0.25) is 4.72 Å². The molecule has 3 heterocycles. The van der Waals surface area contributed by atoms with Crippen LogP contribution in [-0.4, -0.2) is 42.5 Å². The van der Waals surface area contributed by atoms with Gasteiger partial charge in [-0.05, 0) is 56.1 Å². The van der Waals surface area contributed by atoms with Gasteiger partial charge < -0.3 is 15.4 Å².